The van der Waals surface area contributed by atoms with Gasteiger partial charge in [-0.1, -0.05) is 32.6 Å². The Balaban J connectivity index is 2.32. The van der Waals surface area contributed by atoms with Crippen molar-refractivity contribution >= 4 is 5.91 Å². The van der Waals surface area contributed by atoms with Gasteiger partial charge in [0.15, 0.2) is 0 Å². The standard InChI is InChI=1S/C13H26N2O/c1-3-4-5-7-10-15-11-8-6-9-12(15)13(16)14-2/h12H,3-11H2,1-2H3,(H,14,16). The maximum absolute atomic E-state index is 11.7. The van der Waals surface area contributed by atoms with Crippen molar-refractivity contribution < 1.29 is 4.79 Å². The molecule has 16 heavy (non-hydrogen) atoms. The van der Waals surface area contributed by atoms with E-state index in [-0.39, 0.29) is 11.9 Å². The molecule has 0 saturated carbocycles. The summed E-state index contributed by atoms with van der Waals surface area (Å²) in [5, 5.41) is 2.79. The SMILES string of the molecule is CCCCCCN1CCCCC1C(=O)NC. The van der Waals surface area contributed by atoms with E-state index in [0.717, 1.165) is 19.5 Å². The van der Waals surface area contributed by atoms with Crippen molar-refractivity contribution in [2.75, 3.05) is 20.1 Å². The van der Waals surface area contributed by atoms with Crippen molar-refractivity contribution in [2.24, 2.45) is 0 Å². The highest BCUT2D eigenvalue weighted by atomic mass is 16.2. The molecule has 1 aliphatic rings. The van der Waals surface area contributed by atoms with Crippen LogP contribution in [0, 0.1) is 0 Å². The summed E-state index contributed by atoms with van der Waals surface area (Å²) in [7, 11) is 1.74. The van der Waals surface area contributed by atoms with E-state index in [1.807, 2.05) is 0 Å². The Morgan fingerprint density at radius 2 is 2.12 bits per heavy atom. The smallest absolute Gasteiger partial charge is 0.237 e. The summed E-state index contributed by atoms with van der Waals surface area (Å²) in [4.78, 5) is 14.1. The molecule has 0 spiro atoms. The molecule has 1 unspecified atom stereocenters. The molecule has 3 nitrogen and oxygen atoms in total. The van der Waals surface area contributed by atoms with E-state index in [1.165, 1.54) is 38.5 Å². The van der Waals surface area contributed by atoms with Gasteiger partial charge in [0.05, 0.1) is 6.04 Å². The summed E-state index contributed by atoms with van der Waals surface area (Å²) in [6.07, 6.45) is 8.62. The predicted molar refractivity (Wildman–Crippen MR) is 67.4 cm³/mol. The van der Waals surface area contributed by atoms with Crippen LogP contribution in [0.3, 0.4) is 0 Å². The number of likely N-dealkylation sites (N-methyl/N-ethyl adjacent to an activating group) is 1. The highest BCUT2D eigenvalue weighted by Crippen LogP contribution is 2.18. The van der Waals surface area contributed by atoms with Crippen molar-refractivity contribution in [1.82, 2.24) is 10.2 Å². The van der Waals surface area contributed by atoms with Gasteiger partial charge in [0, 0.05) is 7.05 Å². The first-order chi connectivity index (χ1) is 7.79. The predicted octanol–water partition coefficient (Wildman–Crippen LogP) is 2.17. The van der Waals surface area contributed by atoms with Crippen LogP contribution >= 0.6 is 0 Å². The molecule has 94 valence electrons. The molecule has 0 aromatic heterocycles. The number of likely N-dealkylation sites (tertiary alicyclic amines) is 1. The fraction of sp³-hybridized carbons (Fsp3) is 0.923. The number of carbonyl (C=O) groups is 1. The molecular formula is C13H26N2O. The molecule has 3 heteroatoms. The van der Waals surface area contributed by atoms with Crippen molar-refractivity contribution in [3.05, 3.63) is 0 Å². The summed E-state index contributed by atoms with van der Waals surface area (Å²) < 4.78 is 0. The summed E-state index contributed by atoms with van der Waals surface area (Å²) in [6, 6.07) is 0.139. The van der Waals surface area contributed by atoms with Gasteiger partial charge in [-0.15, -0.1) is 0 Å². The molecule has 1 atom stereocenters. The lowest BCUT2D eigenvalue weighted by Gasteiger charge is -2.34. The number of amides is 1. The second kappa shape index (κ2) is 7.66. The van der Waals surface area contributed by atoms with Gasteiger partial charge in [-0.25, -0.2) is 0 Å². The van der Waals surface area contributed by atoms with Gasteiger partial charge in [-0.05, 0) is 32.4 Å². The third-order valence-corrected chi connectivity index (χ3v) is 3.46. The number of hydrogen-bond acceptors (Lipinski definition) is 2. The van der Waals surface area contributed by atoms with Crippen molar-refractivity contribution in [1.29, 1.82) is 0 Å². The average molecular weight is 226 g/mol. The molecule has 1 saturated heterocycles. The van der Waals surface area contributed by atoms with Crippen molar-refractivity contribution in [3.63, 3.8) is 0 Å². The van der Waals surface area contributed by atoms with E-state index >= 15 is 0 Å². The van der Waals surface area contributed by atoms with Gasteiger partial charge in [-0.3, -0.25) is 9.69 Å². The first-order valence-electron chi connectivity index (χ1n) is 6.75. The Kier molecular flexibility index (Phi) is 6.46. The van der Waals surface area contributed by atoms with Crippen molar-refractivity contribution in [3.8, 4) is 0 Å². The minimum atomic E-state index is 0.139. The molecule has 1 aliphatic heterocycles. The monoisotopic (exact) mass is 226 g/mol. The molecular weight excluding hydrogens is 200 g/mol. The first-order valence-corrected chi connectivity index (χ1v) is 6.75. The zero-order chi connectivity index (χ0) is 11.8. The maximum atomic E-state index is 11.7. The maximum Gasteiger partial charge on any atom is 0.237 e. The quantitative estimate of drug-likeness (QED) is 0.704. The Morgan fingerprint density at radius 1 is 1.31 bits per heavy atom. The number of nitrogens with zero attached hydrogens (tertiary/aromatic N) is 1. The van der Waals surface area contributed by atoms with E-state index in [2.05, 4.69) is 17.1 Å². The first kappa shape index (κ1) is 13.5. The van der Waals surface area contributed by atoms with Gasteiger partial charge in [0.2, 0.25) is 5.91 Å². The van der Waals surface area contributed by atoms with Gasteiger partial charge in [0.25, 0.3) is 0 Å². The second-order valence-electron chi connectivity index (χ2n) is 4.72. The number of piperidine rings is 1. The second-order valence-corrected chi connectivity index (χ2v) is 4.72. The van der Waals surface area contributed by atoms with Crippen LogP contribution in [0.25, 0.3) is 0 Å². The lowest BCUT2D eigenvalue weighted by atomic mass is 10.0. The molecule has 0 radical (unpaired) electrons. The Bertz CT molecular complexity index is 206. The normalized spacial score (nSPS) is 22.0. The number of rotatable bonds is 6. The Labute approximate surface area is 99.6 Å². The van der Waals surface area contributed by atoms with E-state index in [9.17, 15) is 4.79 Å². The third-order valence-electron chi connectivity index (χ3n) is 3.46. The minimum absolute atomic E-state index is 0.139. The van der Waals surface area contributed by atoms with Crippen LogP contribution in [-0.4, -0.2) is 37.0 Å². The Morgan fingerprint density at radius 3 is 2.81 bits per heavy atom. The summed E-state index contributed by atoms with van der Waals surface area (Å²) in [5.41, 5.74) is 0. The van der Waals surface area contributed by atoms with Gasteiger partial charge in [0.1, 0.15) is 0 Å². The lowest BCUT2D eigenvalue weighted by molar-refractivity contribution is -0.127. The van der Waals surface area contributed by atoms with Crippen LogP contribution in [-0.2, 0) is 4.79 Å². The highest BCUT2D eigenvalue weighted by Gasteiger charge is 2.26. The van der Waals surface area contributed by atoms with E-state index in [0.29, 0.717) is 0 Å². The van der Waals surface area contributed by atoms with Crippen LogP contribution in [0.2, 0.25) is 0 Å². The summed E-state index contributed by atoms with van der Waals surface area (Å²) in [6.45, 7) is 4.43. The van der Waals surface area contributed by atoms with Gasteiger partial charge >= 0.3 is 0 Å². The number of unbranched alkanes of at least 4 members (excludes halogenated alkanes) is 3. The number of hydrogen-bond donors (Lipinski definition) is 1. The number of carbonyl (C=O) groups excluding carboxylic acids is 1. The zero-order valence-electron chi connectivity index (χ0n) is 10.8. The molecule has 0 aromatic carbocycles. The molecule has 1 N–H and O–H groups in total. The minimum Gasteiger partial charge on any atom is -0.358 e. The molecule has 0 bridgehead atoms. The molecule has 0 aromatic rings. The fourth-order valence-electron chi connectivity index (χ4n) is 2.46. The van der Waals surface area contributed by atoms with Crippen molar-refractivity contribution in [2.45, 2.75) is 57.9 Å². The zero-order valence-corrected chi connectivity index (χ0v) is 10.8. The summed E-state index contributed by atoms with van der Waals surface area (Å²) >= 11 is 0. The third kappa shape index (κ3) is 4.12. The van der Waals surface area contributed by atoms with E-state index < -0.39 is 0 Å². The summed E-state index contributed by atoms with van der Waals surface area (Å²) in [5.74, 6) is 0.204. The van der Waals surface area contributed by atoms with Crippen LogP contribution in [0.5, 0.6) is 0 Å². The van der Waals surface area contributed by atoms with E-state index in [1.54, 1.807) is 7.05 Å². The molecule has 1 rings (SSSR count). The molecule has 0 aliphatic carbocycles. The van der Waals surface area contributed by atoms with Crippen LogP contribution in [0.4, 0.5) is 0 Å². The molecule has 1 amide bonds. The Hall–Kier alpha value is -0.570. The number of nitrogens with one attached hydrogen (secondary N) is 1. The van der Waals surface area contributed by atoms with Gasteiger partial charge < -0.3 is 5.32 Å². The molecule has 1 fully saturated rings. The average Bonchev–Trinajstić information content (AvgIpc) is 2.34. The largest absolute Gasteiger partial charge is 0.358 e. The van der Waals surface area contributed by atoms with Crippen LogP contribution in [0.1, 0.15) is 51.9 Å². The fourth-order valence-corrected chi connectivity index (χ4v) is 2.46. The molecule has 1 heterocycles. The lowest BCUT2D eigenvalue weighted by Crippen LogP contribution is -2.48. The van der Waals surface area contributed by atoms with E-state index in [4.69, 9.17) is 0 Å². The van der Waals surface area contributed by atoms with Crippen LogP contribution < -0.4 is 5.32 Å². The topological polar surface area (TPSA) is 32.3 Å². The highest BCUT2D eigenvalue weighted by molar-refractivity contribution is 5.81. The van der Waals surface area contributed by atoms with Crippen LogP contribution in [0.15, 0.2) is 0 Å². The van der Waals surface area contributed by atoms with Gasteiger partial charge in [-0.2, -0.15) is 0 Å².